The minimum Gasteiger partial charge on any atom is -0.468 e. The number of alkyl carbamates (subject to hydrolysis) is 2. The minimum atomic E-state index is -0.660. The van der Waals surface area contributed by atoms with Crippen molar-refractivity contribution in [2.45, 2.75) is 95.5 Å². The van der Waals surface area contributed by atoms with Gasteiger partial charge in [0.1, 0.15) is 31.2 Å². The third-order valence-corrected chi connectivity index (χ3v) is 11.2. The predicted molar refractivity (Wildman–Crippen MR) is 142 cm³/mol. The molecule has 5 rings (SSSR count). The highest BCUT2D eigenvalue weighted by Gasteiger charge is 2.76. The average molecular weight is 566 g/mol. The summed E-state index contributed by atoms with van der Waals surface area (Å²) in [6.45, 7) is 6.33. The van der Waals surface area contributed by atoms with Crippen LogP contribution in [0.25, 0.3) is 0 Å². The number of carbonyl (C=O) groups excluding carboxylic acids is 4. The maximum atomic E-state index is 12.8. The van der Waals surface area contributed by atoms with Crippen LogP contribution < -0.4 is 10.6 Å². The lowest BCUT2D eigenvalue weighted by atomic mass is 9.44. The molecule has 11 nitrogen and oxygen atoms in total. The van der Waals surface area contributed by atoms with Crippen molar-refractivity contribution in [2.75, 3.05) is 27.3 Å². The van der Waals surface area contributed by atoms with E-state index in [0.717, 1.165) is 32.1 Å². The van der Waals surface area contributed by atoms with Gasteiger partial charge >= 0.3 is 24.1 Å². The van der Waals surface area contributed by atoms with Gasteiger partial charge in [-0.3, -0.25) is 9.59 Å². The summed E-state index contributed by atoms with van der Waals surface area (Å²) in [5.41, 5.74) is 0.0112. The topological polar surface area (TPSA) is 142 Å². The molecule has 1 spiro atoms. The summed E-state index contributed by atoms with van der Waals surface area (Å²) >= 11 is 0. The smallest absolute Gasteiger partial charge is 0.407 e. The normalized spacial score (nSPS) is 40.5. The third kappa shape index (κ3) is 4.92. The summed E-state index contributed by atoms with van der Waals surface area (Å²) < 4.78 is 26.3. The van der Waals surface area contributed by atoms with Crippen molar-refractivity contribution < 1.29 is 42.9 Å². The molecule has 4 saturated carbocycles. The highest BCUT2D eigenvalue weighted by atomic mass is 16.6. The quantitative estimate of drug-likeness (QED) is 0.284. The van der Waals surface area contributed by atoms with Crippen LogP contribution in [0.15, 0.2) is 0 Å². The van der Waals surface area contributed by atoms with Crippen LogP contribution in [0.3, 0.4) is 0 Å². The van der Waals surface area contributed by atoms with Crippen molar-refractivity contribution >= 4 is 24.1 Å². The fourth-order valence-electron chi connectivity index (χ4n) is 9.65. The number of carbonyl (C=O) groups is 4. The Balaban J connectivity index is 1.33. The maximum Gasteiger partial charge on any atom is 0.407 e. The van der Waals surface area contributed by atoms with E-state index in [4.69, 9.17) is 14.2 Å². The largest absolute Gasteiger partial charge is 0.468 e. The second kappa shape index (κ2) is 10.7. The number of ether oxygens (including phenoxy) is 5. The van der Waals surface area contributed by atoms with Gasteiger partial charge < -0.3 is 34.3 Å². The van der Waals surface area contributed by atoms with Gasteiger partial charge in [-0.25, -0.2) is 9.59 Å². The van der Waals surface area contributed by atoms with Crippen molar-refractivity contribution in [3.63, 3.8) is 0 Å². The van der Waals surface area contributed by atoms with E-state index in [0.29, 0.717) is 36.5 Å². The van der Waals surface area contributed by atoms with Gasteiger partial charge in [0.25, 0.3) is 0 Å². The van der Waals surface area contributed by atoms with Crippen molar-refractivity contribution in [3.05, 3.63) is 0 Å². The second-order valence-corrected chi connectivity index (χ2v) is 13.3. The van der Waals surface area contributed by atoms with E-state index >= 15 is 0 Å². The molecule has 2 amide bonds. The van der Waals surface area contributed by atoms with Crippen molar-refractivity contribution in [1.29, 1.82) is 0 Å². The van der Waals surface area contributed by atoms with Crippen molar-refractivity contribution in [3.8, 4) is 0 Å². The zero-order chi connectivity index (χ0) is 28.9. The van der Waals surface area contributed by atoms with E-state index in [9.17, 15) is 19.2 Å². The highest BCUT2D eigenvalue weighted by Crippen LogP contribution is 2.70. The summed E-state index contributed by atoms with van der Waals surface area (Å²) in [6, 6.07) is 0. The van der Waals surface area contributed by atoms with Crippen LogP contribution in [0.4, 0.5) is 9.59 Å². The first-order chi connectivity index (χ1) is 18.9. The van der Waals surface area contributed by atoms with Gasteiger partial charge in [0.15, 0.2) is 11.2 Å². The molecular weight excluding hydrogens is 520 g/mol. The molecule has 0 aromatic rings. The van der Waals surface area contributed by atoms with Gasteiger partial charge in [0.05, 0.1) is 14.2 Å². The van der Waals surface area contributed by atoms with E-state index in [1.807, 2.05) is 0 Å². The third-order valence-electron chi connectivity index (χ3n) is 11.2. The summed E-state index contributed by atoms with van der Waals surface area (Å²) in [5.74, 6) is 0.887. The van der Waals surface area contributed by atoms with Crippen LogP contribution in [0.2, 0.25) is 0 Å². The summed E-state index contributed by atoms with van der Waals surface area (Å²) in [4.78, 5) is 48.3. The molecule has 224 valence electrons. The van der Waals surface area contributed by atoms with Crippen LogP contribution >= 0.6 is 0 Å². The molecule has 5 fully saturated rings. The molecule has 5 aliphatic rings. The van der Waals surface area contributed by atoms with Crippen LogP contribution in [-0.2, 0) is 28.5 Å². The molecule has 1 heterocycles. The number of hydrogen-bond donors (Lipinski definition) is 2. The number of nitrogens with one attached hydrogen (secondary N) is 2. The van der Waals surface area contributed by atoms with Gasteiger partial charge in [-0.05, 0) is 62.2 Å². The van der Waals surface area contributed by atoms with E-state index in [2.05, 4.69) is 40.9 Å². The Hall–Kier alpha value is -2.56. The van der Waals surface area contributed by atoms with Gasteiger partial charge in [0, 0.05) is 32.1 Å². The molecule has 40 heavy (non-hydrogen) atoms. The Morgan fingerprint density at radius 2 is 1.43 bits per heavy atom. The maximum absolute atomic E-state index is 12.8. The first-order valence-corrected chi connectivity index (χ1v) is 14.7. The van der Waals surface area contributed by atoms with Gasteiger partial charge in [-0.1, -0.05) is 6.92 Å². The first-order valence-electron chi connectivity index (χ1n) is 14.7. The Labute approximate surface area is 235 Å². The summed E-state index contributed by atoms with van der Waals surface area (Å²) in [5, 5.41) is 4.97. The molecule has 9 atom stereocenters. The molecule has 3 N–H and O–H groups in total. The van der Waals surface area contributed by atoms with E-state index in [1.54, 1.807) is 0 Å². The van der Waals surface area contributed by atoms with Crippen molar-refractivity contribution in [2.24, 2.45) is 35.0 Å². The summed E-state index contributed by atoms with van der Waals surface area (Å²) in [7, 11) is 2.53. The molecule has 0 aromatic heterocycles. The lowest BCUT2D eigenvalue weighted by molar-refractivity contribution is -0.433. The molecule has 0 radical (unpaired) electrons. The number of fused-ring (bicyclic) bond motifs is 4. The standard InChI is InChI=1S/C29H44N2O9/c1-27(2)22-7-6-19-17-13-21(39-26(35)31-15-24(33)37-5)20-12-16(38-25(34)30-14-23(32)36-4)8-10-28(20,3)18(17)9-11-29(19,22)40-27/h16-22H,6-15H2,1-5H3,(H,30,34)(H,31,35)/p+1/t16-,17?,18?,19?,20?,21?,22?,28+,29?/m0/s1. The molecule has 1 aliphatic heterocycles. The molecule has 0 aromatic carbocycles. The van der Waals surface area contributed by atoms with E-state index < -0.39 is 24.1 Å². The fourth-order valence-corrected chi connectivity index (χ4v) is 9.65. The Kier molecular flexibility index (Phi) is 7.74. The van der Waals surface area contributed by atoms with Crippen molar-refractivity contribution in [1.82, 2.24) is 10.6 Å². The minimum absolute atomic E-state index is 0.00851. The van der Waals surface area contributed by atoms with Crippen LogP contribution in [0.5, 0.6) is 0 Å². The number of amides is 2. The Morgan fingerprint density at radius 1 is 0.775 bits per heavy atom. The van der Waals surface area contributed by atoms with E-state index in [-0.39, 0.29) is 47.8 Å². The Morgan fingerprint density at radius 3 is 2.05 bits per heavy atom. The predicted octanol–water partition coefficient (Wildman–Crippen LogP) is 2.84. The molecule has 11 heteroatoms. The molecular formula is C29H45N2O9+. The molecule has 0 bridgehead atoms. The van der Waals surface area contributed by atoms with Crippen LogP contribution in [-0.4, -0.2) is 79.6 Å². The highest BCUT2D eigenvalue weighted by molar-refractivity contribution is 5.78. The number of aliphatic hydroxyl groups is 2. The number of esters is 2. The monoisotopic (exact) mass is 565 g/mol. The van der Waals surface area contributed by atoms with Crippen LogP contribution in [0.1, 0.15) is 72.1 Å². The molecule has 7 unspecified atom stereocenters. The number of rotatable bonds is 6. The van der Waals surface area contributed by atoms with Gasteiger partial charge in [-0.2, -0.15) is 0 Å². The SMILES string of the molecule is COC(=O)CNC(=O)OC1CC2C3CCC4C(C)(C)[OH+]C34CCC2[C@@]2(C)CC[C@H](OC(=O)NCC(=O)OC)CC12. The fraction of sp³-hybridized carbons (Fsp3) is 0.862. The van der Waals surface area contributed by atoms with Gasteiger partial charge in [0.2, 0.25) is 0 Å². The number of methoxy groups -OCH3 is 2. The zero-order valence-electron chi connectivity index (χ0n) is 24.3. The lowest BCUT2D eigenvalue weighted by Crippen LogP contribution is -2.72. The lowest BCUT2D eigenvalue weighted by Gasteiger charge is -2.64. The van der Waals surface area contributed by atoms with Gasteiger partial charge in [-0.15, -0.1) is 0 Å². The zero-order valence-corrected chi connectivity index (χ0v) is 24.3. The molecule has 1 saturated heterocycles. The van der Waals surface area contributed by atoms with Crippen LogP contribution in [0, 0.1) is 35.0 Å². The molecule has 4 aliphatic carbocycles. The Bertz CT molecular complexity index is 1030. The number of hydrogen-bond acceptors (Lipinski definition) is 8. The first kappa shape index (κ1) is 29.0. The average Bonchev–Trinajstić information content (AvgIpc) is 3.25. The van der Waals surface area contributed by atoms with E-state index in [1.165, 1.54) is 20.6 Å². The second-order valence-electron chi connectivity index (χ2n) is 13.3. The summed E-state index contributed by atoms with van der Waals surface area (Å²) in [6.07, 6.45) is 5.42.